The Kier molecular flexibility index (Phi) is 8.39. The van der Waals surface area contributed by atoms with Crippen molar-refractivity contribution in [2.45, 2.75) is 13.3 Å². The molecule has 0 aliphatic heterocycles. The lowest BCUT2D eigenvalue weighted by Gasteiger charge is -2.09. The van der Waals surface area contributed by atoms with E-state index in [0.29, 0.717) is 12.1 Å². The van der Waals surface area contributed by atoms with Gasteiger partial charge in [0.1, 0.15) is 11.5 Å². The molecule has 0 radical (unpaired) electrons. The average molecular weight is 255 g/mol. The van der Waals surface area contributed by atoms with E-state index in [1.165, 1.54) is 0 Å². The summed E-state index contributed by atoms with van der Waals surface area (Å²) in [7, 11) is 6.47. The lowest BCUT2D eigenvalue weighted by molar-refractivity contribution is 0.277. The first kappa shape index (κ1) is 16.2. The van der Waals surface area contributed by atoms with Crippen molar-refractivity contribution in [2.75, 3.05) is 28.4 Å². The van der Waals surface area contributed by atoms with Crippen LogP contribution >= 0.6 is 0 Å². The minimum absolute atomic E-state index is 0.539. The van der Waals surface area contributed by atoms with Crippen LogP contribution in [0.1, 0.15) is 12.5 Å². The summed E-state index contributed by atoms with van der Waals surface area (Å²) in [5.41, 5.74) is 1.56. The molecule has 0 bridgehead atoms. The molecule has 0 fully saturated rings. The van der Waals surface area contributed by atoms with Gasteiger partial charge in [-0.3, -0.25) is 0 Å². The van der Waals surface area contributed by atoms with E-state index in [1.54, 1.807) is 35.4 Å². The third-order valence-electron chi connectivity index (χ3n) is 2.10. The molecule has 0 unspecified atom stereocenters. The quantitative estimate of drug-likeness (QED) is 0.509. The smallest absolute Gasteiger partial charge is 0.122 e. The first-order valence-corrected chi connectivity index (χ1v) is 5.41. The molecule has 0 atom stereocenters. The van der Waals surface area contributed by atoms with E-state index < -0.39 is 0 Å². The van der Waals surface area contributed by atoms with Crippen molar-refractivity contribution in [3.05, 3.63) is 23.8 Å². The van der Waals surface area contributed by atoms with E-state index in [2.05, 4.69) is 9.89 Å². The zero-order chi connectivity index (χ0) is 14.0. The summed E-state index contributed by atoms with van der Waals surface area (Å²) < 4.78 is 14.6. The van der Waals surface area contributed by atoms with E-state index in [9.17, 15) is 0 Å². The van der Waals surface area contributed by atoms with Gasteiger partial charge in [-0.25, -0.2) is 0 Å². The highest BCUT2D eigenvalue weighted by atomic mass is 16.5. The van der Waals surface area contributed by atoms with E-state index in [0.717, 1.165) is 17.1 Å². The Morgan fingerprint density at radius 1 is 1.17 bits per heavy atom. The molecule has 0 aromatic heterocycles. The molecule has 0 saturated carbocycles. The van der Waals surface area contributed by atoms with Crippen molar-refractivity contribution in [3.8, 4) is 11.5 Å². The number of methoxy groups -OCH3 is 3. The highest BCUT2D eigenvalue weighted by Gasteiger charge is 2.06. The summed E-state index contributed by atoms with van der Waals surface area (Å²) in [4.78, 5) is 0. The summed E-state index contributed by atoms with van der Waals surface area (Å²) >= 11 is 0. The van der Waals surface area contributed by atoms with Crippen LogP contribution in [0.5, 0.6) is 11.5 Å². The molecule has 1 aromatic rings. The van der Waals surface area contributed by atoms with Crippen molar-refractivity contribution >= 4 is 5.71 Å². The van der Waals surface area contributed by atoms with Gasteiger partial charge < -0.3 is 19.4 Å². The zero-order valence-electron chi connectivity index (χ0n) is 11.6. The number of benzene rings is 1. The predicted octanol–water partition coefficient (Wildman–Crippen LogP) is 2.36. The number of hydrogen-bond acceptors (Lipinski definition) is 5. The molecular formula is C13H21NO4. The van der Waals surface area contributed by atoms with Crippen LogP contribution < -0.4 is 9.47 Å². The third-order valence-corrected chi connectivity index (χ3v) is 2.10. The Morgan fingerprint density at radius 3 is 2.22 bits per heavy atom. The van der Waals surface area contributed by atoms with Gasteiger partial charge in [0.25, 0.3) is 0 Å². The van der Waals surface area contributed by atoms with E-state index >= 15 is 0 Å². The molecule has 0 aliphatic rings. The van der Waals surface area contributed by atoms with Gasteiger partial charge >= 0.3 is 0 Å². The Labute approximate surface area is 108 Å². The van der Waals surface area contributed by atoms with Gasteiger partial charge in [0.15, 0.2) is 0 Å². The van der Waals surface area contributed by atoms with Crippen LogP contribution in [0.15, 0.2) is 23.4 Å². The molecule has 1 N–H and O–H groups in total. The van der Waals surface area contributed by atoms with Crippen LogP contribution in [0.2, 0.25) is 0 Å². The molecule has 5 heteroatoms. The van der Waals surface area contributed by atoms with Gasteiger partial charge in [-0.05, 0) is 25.1 Å². The minimum atomic E-state index is 0.539. The highest BCUT2D eigenvalue weighted by molar-refractivity contribution is 5.84. The molecule has 0 saturated heterocycles. The van der Waals surface area contributed by atoms with E-state index in [4.69, 9.17) is 14.7 Å². The highest BCUT2D eigenvalue weighted by Crippen LogP contribution is 2.24. The van der Waals surface area contributed by atoms with Crippen molar-refractivity contribution < 1.29 is 19.4 Å². The molecule has 18 heavy (non-hydrogen) atoms. The van der Waals surface area contributed by atoms with Gasteiger partial charge in [0, 0.05) is 26.2 Å². The topological polar surface area (TPSA) is 60.3 Å². The lowest BCUT2D eigenvalue weighted by atomic mass is 10.1. The fraction of sp³-hybridized carbons (Fsp3) is 0.462. The predicted molar refractivity (Wildman–Crippen MR) is 71.1 cm³/mol. The van der Waals surface area contributed by atoms with Crippen LogP contribution in [0, 0.1) is 0 Å². The fourth-order valence-corrected chi connectivity index (χ4v) is 1.33. The summed E-state index contributed by atoms with van der Waals surface area (Å²) in [6.45, 7) is 1.75. The van der Waals surface area contributed by atoms with Crippen molar-refractivity contribution in [1.29, 1.82) is 0 Å². The van der Waals surface area contributed by atoms with Gasteiger partial charge in [-0.15, -0.1) is 0 Å². The Bertz CT molecular complexity index is 377. The Balaban J connectivity index is 0.000000873. The second-order valence-electron chi connectivity index (χ2n) is 3.60. The van der Waals surface area contributed by atoms with E-state index in [1.807, 2.05) is 18.2 Å². The summed E-state index contributed by atoms with van der Waals surface area (Å²) in [5, 5.41) is 11.7. The first-order chi connectivity index (χ1) is 8.62. The molecule has 0 heterocycles. The molecule has 102 valence electrons. The number of hydrogen-bond donors (Lipinski definition) is 1. The maximum atomic E-state index is 8.60. The van der Waals surface area contributed by atoms with Crippen LogP contribution in [0.4, 0.5) is 0 Å². The molecule has 0 amide bonds. The number of nitrogens with zero attached hydrogens (tertiary/aromatic N) is 1. The average Bonchev–Trinajstić information content (AvgIpc) is 2.39. The van der Waals surface area contributed by atoms with Crippen molar-refractivity contribution in [2.24, 2.45) is 5.16 Å². The second kappa shape index (κ2) is 9.30. The monoisotopic (exact) mass is 255 g/mol. The van der Waals surface area contributed by atoms with Crippen LogP contribution in [-0.2, 0) is 11.2 Å². The summed E-state index contributed by atoms with van der Waals surface area (Å²) in [5.74, 6) is 1.52. The lowest BCUT2D eigenvalue weighted by Crippen LogP contribution is -2.00. The molecule has 1 rings (SSSR count). The third kappa shape index (κ3) is 5.54. The molecular weight excluding hydrogens is 234 g/mol. The maximum absolute atomic E-state index is 8.60. The number of rotatable bonds is 4. The van der Waals surface area contributed by atoms with Crippen LogP contribution in [-0.4, -0.2) is 39.4 Å². The first-order valence-electron chi connectivity index (χ1n) is 5.41. The van der Waals surface area contributed by atoms with E-state index in [-0.39, 0.29) is 0 Å². The second-order valence-corrected chi connectivity index (χ2v) is 3.60. The largest absolute Gasteiger partial charge is 0.497 e. The number of ether oxygens (including phenoxy) is 3. The minimum Gasteiger partial charge on any atom is -0.497 e. The molecule has 5 nitrogen and oxygen atoms in total. The van der Waals surface area contributed by atoms with Gasteiger partial charge in [-0.2, -0.15) is 0 Å². The maximum Gasteiger partial charge on any atom is 0.122 e. The van der Waals surface area contributed by atoms with Crippen LogP contribution in [0.25, 0.3) is 0 Å². The molecule has 1 aromatic carbocycles. The SMILES string of the molecule is COC.COc1ccc(OC)c(C/C(C)=N/O)c1. The van der Waals surface area contributed by atoms with Gasteiger partial charge in [0.2, 0.25) is 0 Å². The van der Waals surface area contributed by atoms with Crippen LogP contribution in [0.3, 0.4) is 0 Å². The number of oxime groups is 1. The van der Waals surface area contributed by atoms with Crippen molar-refractivity contribution in [3.63, 3.8) is 0 Å². The standard InChI is InChI=1S/C11H15NO3.C2H6O/c1-8(12-13)6-9-7-10(14-2)4-5-11(9)15-3;1-3-2/h4-5,7,13H,6H2,1-3H3;1-2H3/b12-8+;. The molecule has 0 spiro atoms. The van der Waals surface area contributed by atoms with Crippen molar-refractivity contribution in [1.82, 2.24) is 0 Å². The fourth-order valence-electron chi connectivity index (χ4n) is 1.33. The Morgan fingerprint density at radius 2 is 1.78 bits per heavy atom. The summed E-state index contributed by atoms with van der Waals surface area (Å²) in [6.07, 6.45) is 0.539. The summed E-state index contributed by atoms with van der Waals surface area (Å²) in [6, 6.07) is 5.53. The van der Waals surface area contributed by atoms with Gasteiger partial charge in [-0.1, -0.05) is 5.16 Å². The van der Waals surface area contributed by atoms with Gasteiger partial charge in [0.05, 0.1) is 19.9 Å². The zero-order valence-corrected chi connectivity index (χ0v) is 11.6. The molecule has 0 aliphatic carbocycles. The normalized spacial score (nSPS) is 10.4. The Hall–Kier alpha value is -1.75.